The molecule has 7 heteroatoms. The third kappa shape index (κ3) is 4.54. The van der Waals surface area contributed by atoms with Crippen LogP contribution in [-0.4, -0.2) is 48.0 Å². The lowest BCUT2D eigenvalue weighted by Crippen LogP contribution is -2.56. The van der Waals surface area contributed by atoms with Crippen molar-refractivity contribution in [2.24, 2.45) is 5.92 Å². The smallest absolute Gasteiger partial charge is 0.258 e. The van der Waals surface area contributed by atoms with E-state index in [1.165, 1.54) is 32.1 Å². The molecule has 1 saturated heterocycles. The van der Waals surface area contributed by atoms with Crippen LogP contribution in [0.25, 0.3) is 0 Å². The van der Waals surface area contributed by atoms with Crippen LogP contribution in [0.1, 0.15) is 61.7 Å². The van der Waals surface area contributed by atoms with Crippen molar-refractivity contribution >= 4 is 17.7 Å². The van der Waals surface area contributed by atoms with Crippen LogP contribution in [0.4, 0.5) is 0 Å². The lowest BCUT2D eigenvalue weighted by Gasteiger charge is -2.38. The van der Waals surface area contributed by atoms with E-state index in [0.717, 1.165) is 0 Å². The Bertz CT molecular complexity index is 790. The van der Waals surface area contributed by atoms with Gasteiger partial charge in [-0.2, -0.15) is 0 Å². The van der Waals surface area contributed by atoms with Crippen molar-refractivity contribution in [3.05, 3.63) is 29.8 Å². The summed E-state index contributed by atoms with van der Waals surface area (Å²) in [6.45, 7) is 1.13. The van der Waals surface area contributed by atoms with Crippen molar-refractivity contribution in [1.82, 2.24) is 15.5 Å². The number of nitrogens with one attached hydrogen (secondary N) is 2. The molecule has 156 valence electrons. The molecule has 1 spiro atoms. The molecule has 3 amide bonds. The van der Waals surface area contributed by atoms with E-state index in [1.807, 2.05) is 6.07 Å². The van der Waals surface area contributed by atoms with Crippen molar-refractivity contribution in [3.63, 3.8) is 0 Å². The van der Waals surface area contributed by atoms with Crippen molar-refractivity contribution in [2.45, 2.75) is 57.1 Å². The molecule has 1 saturated carbocycles. The second-order valence-corrected chi connectivity index (χ2v) is 8.42. The summed E-state index contributed by atoms with van der Waals surface area (Å²) in [5.41, 5.74) is -0.387. The highest BCUT2D eigenvalue weighted by atomic mass is 16.5. The molecule has 1 unspecified atom stereocenters. The summed E-state index contributed by atoms with van der Waals surface area (Å²) in [7, 11) is 0. The topological polar surface area (TPSA) is 87.7 Å². The van der Waals surface area contributed by atoms with E-state index >= 15 is 0 Å². The molecular formula is C22H29N3O4. The summed E-state index contributed by atoms with van der Waals surface area (Å²) in [4.78, 5) is 39.1. The summed E-state index contributed by atoms with van der Waals surface area (Å²) in [5.74, 6) is 0.729. The minimum Gasteiger partial charge on any atom is -0.467 e. The molecule has 2 aliphatic heterocycles. The van der Waals surface area contributed by atoms with Gasteiger partial charge in [-0.3, -0.25) is 14.4 Å². The number of likely N-dealkylation sites (tertiary alicyclic amines) is 1. The van der Waals surface area contributed by atoms with E-state index in [1.54, 1.807) is 23.1 Å². The van der Waals surface area contributed by atoms with Gasteiger partial charge >= 0.3 is 0 Å². The number of fused-ring (bicyclic) bond motifs is 1. The zero-order chi connectivity index (χ0) is 20.3. The molecule has 7 nitrogen and oxygen atoms in total. The second kappa shape index (κ2) is 8.43. The number of ether oxygens (including phenoxy) is 1. The van der Waals surface area contributed by atoms with Crippen LogP contribution in [0, 0.1) is 5.92 Å². The maximum absolute atomic E-state index is 12.6. The van der Waals surface area contributed by atoms with Crippen LogP contribution in [0.2, 0.25) is 0 Å². The van der Waals surface area contributed by atoms with Crippen LogP contribution in [-0.2, 0) is 9.59 Å². The predicted molar refractivity (Wildman–Crippen MR) is 107 cm³/mol. The Morgan fingerprint density at radius 2 is 1.97 bits per heavy atom. The Morgan fingerprint density at radius 1 is 1.17 bits per heavy atom. The second-order valence-electron chi connectivity index (χ2n) is 8.42. The number of carbonyl (C=O) groups is 3. The molecule has 0 radical (unpaired) electrons. The van der Waals surface area contributed by atoms with Gasteiger partial charge in [0, 0.05) is 32.4 Å². The van der Waals surface area contributed by atoms with Gasteiger partial charge in [0.15, 0.2) is 5.72 Å². The monoisotopic (exact) mass is 399 g/mol. The fourth-order valence-electron chi connectivity index (χ4n) is 4.56. The van der Waals surface area contributed by atoms with Gasteiger partial charge in [0.2, 0.25) is 11.8 Å². The van der Waals surface area contributed by atoms with Crippen molar-refractivity contribution in [1.29, 1.82) is 0 Å². The molecule has 2 fully saturated rings. The molecule has 1 aliphatic carbocycles. The van der Waals surface area contributed by atoms with Gasteiger partial charge in [-0.15, -0.1) is 0 Å². The number of carbonyl (C=O) groups excluding carboxylic acids is 3. The fourth-order valence-corrected chi connectivity index (χ4v) is 4.56. The number of benzene rings is 1. The number of para-hydroxylation sites is 1. The van der Waals surface area contributed by atoms with E-state index < -0.39 is 5.72 Å². The summed E-state index contributed by atoms with van der Waals surface area (Å²) in [5, 5.41) is 5.95. The molecule has 1 atom stereocenters. The molecule has 0 bridgehead atoms. The minimum absolute atomic E-state index is 0.0617. The van der Waals surface area contributed by atoms with Crippen molar-refractivity contribution in [2.75, 3.05) is 19.6 Å². The first-order valence-corrected chi connectivity index (χ1v) is 10.7. The van der Waals surface area contributed by atoms with Gasteiger partial charge in [0.1, 0.15) is 5.75 Å². The van der Waals surface area contributed by atoms with Gasteiger partial charge < -0.3 is 20.3 Å². The fraction of sp³-hybridized carbons (Fsp3) is 0.591. The van der Waals surface area contributed by atoms with E-state index in [4.69, 9.17) is 4.74 Å². The number of rotatable bonds is 4. The summed E-state index contributed by atoms with van der Waals surface area (Å²) in [6.07, 6.45) is 7.19. The Morgan fingerprint density at radius 3 is 2.79 bits per heavy atom. The summed E-state index contributed by atoms with van der Waals surface area (Å²) < 4.78 is 6.13. The van der Waals surface area contributed by atoms with Gasteiger partial charge in [0.25, 0.3) is 5.91 Å². The van der Waals surface area contributed by atoms with Crippen molar-refractivity contribution in [3.8, 4) is 5.75 Å². The van der Waals surface area contributed by atoms with Crippen LogP contribution < -0.4 is 15.4 Å². The first-order valence-electron chi connectivity index (χ1n) is 10.7. The molecule has 0 aromatic heterocycles. The Balaban J connectivity index is 1.34. The minimum atomic E-state index is -0.894. The maximum Gasteiger partial charge on any atom is 0.258 e. The van der Waals surface area contributed by atoms with Crippen LogP contribution in [0.15, 0.2) is 24.3 Å². The average molecular weight is 399 g/mol. The molecule has 2 N–H and O–H groups in total. The summed E-state index contributed by atoms with van der Waals surface area (Å²) >= 11 is 0. The molecule has 29 heavy (non-hydrogen) atoms. The molecule has 2 heterocycles. The van der Waals surface area contributed by atoms with Crippen LogP contribution in [0.3, 0.4) is 0 Å². The van der Waals surface area contributed by atoms with Crippen molar-refractivity contribution < 1.29 is 19.1 Å². The zero-order valence-electron chi connectivity index (χ0n) is 16.7. The largest absolute Gasteiger partial charge is 0.467 e. The molecule has 1 aromatic carbocycles. The van der Waals surface area contributed by atoms with Gasteiger partial charge in [-0.05, 0) is 30.9 Å². The summed E-state index contributed by atoms with van der Waals surface area (Å²) in [6, 6.07) is 7.13. The highest BCUT2D eigenvalue weighted by Gasteiger charge is 2.42. The highest BCUT2D eigenvalue weighted by molar-refractivity contribution is 5.98. The first kappa shape index (κ1) is 19.7. The SMILES string of the molecule is O=C(CN1CCC2(CCC1=O)NC(=O)c1ccccc1O2)NCC1CCCCC1. The number of hydrogen-bond donors (Lipinski definition) is 2. The zero-order valence-corrected chi connectivity index (χ0v) is 16.7. The highest BCUT2D eigenvalue weighted by Crippen LogP contribution is 2.33. The van der Waals surface area contributed by atoms with E-state index in [2.05, 4.69) is 10.6 Å². The van der Waals surface area contributed by atoms with Gasteiger partial charge in [-0.25, -0.2) is 0 Å². The third-order valence-corrected chi connectivity index (χ3v) is 6.31. The average Bonchev–Trinajstić information content (AvgIpc) is 2.87. The van der Waals surface area contributed by atoms with E-state index in [-0.39, 0.29) is 30.7 Å². The normalized spacial score (nSPS) is 25.0. The lowest BCUT2D eigenvalue weighted by molar-refractivity contribution is -0.135. The van der Waals surface area contributed by atoms with Crippen LogP contribution in [0.5, 0.6) is 5.75 Å². The maximum atomic E-state index is 12.6. The molecule has 3 aliphatic rings. The van der Waals surface area contributed by atoms with Crippen LogP contribution >= 0.6 is 0 Å². The van der Waals surface area contributed by atoms with E-state index in [9.17, 15) is 14.4 Å². The number of hydrogen-bond acceptors (Lipinski definition) is 4. The Kier molecular flexibility index (Phi) is 5.74. The standard InChI is InChI=1S/C22H29N3O4/c26-19(23-14-16-6-2-1-3-7-16)15-25-13-12-22(11-10-20(25)27)24-21(28)17-8-4-5-9-18(17)29-22/h4-5,8-9,16H,1-3,6-7,10-15H2,(H,23,26)(H,24,28). The molecule has 1 aromatic rings. The lowest BCUT2D eigenvalue weighted by atomic mass is 9.89. The third-order valence-electron chi connectivity index (χ3n) is 6.31. The number of nitrogens with zero attached hydrogens (tertiary/aromatic N) is 1. The number of amides is 3. The van der Waals surface area contributed by atoms with Gasteiger partial charge in [0.05, 0.1) is 12.1 Å². The first-order chi connectivity index (χ1) is 14.0. The molecule has 4 rings (SSSR count). The van der Waals surface area contributed by atoms with Gasteiger partial charge in [-0.1, -0.05) is 31.4 Å². The molecular weight excluding hydrogens is 370 g/mol. The quantitative estimate of drug-likeness (QED) is 0.813. The Labute approximate surface area is 171 Å². The Hall–Kier alpha value is -2.57. The predicted octanol–water partition coefficient (Wildman–Crippen LogP) is 2.21. The van der Waals surface area contributed by atoms with E-state index in [0.29, 0.717) is 43.2 Å².